The van der Waals surface area contributed by atoms with Gasteiger partial charge in [0.2, 0.25) is 0 Å². The summed E-state index contributed by atoms with van der Waals surface area (Å²) in [5, 5.41) is 10.4. The fourth-order valence-corrected chi connectivity index (χ4v) is 2.62. The van der Waals surface area contributed by atoms with Crippen molar-refractivity contribution >= 4 is 11.1 Å². The second kappa shape index (κ2) is 4.83. The summed E-state index contributed by atoms with van der Waals surface area (Å²) in [5.74, 6) is -0.274. The molecule has 1 aliphatic heterocycles. The maximum atomic E-state index is 11.4. The van der Waals surface area contributed by atoms with Gasteiger partial charge in [0.05, 0.1) is 18.2 Å². The topological polar surface area (TPSA) is 64.6 Å². The van der Waals surface area contributed by atoms with Crippen molar-refractivity contribution < 1.29 is 14.3 Å². The number of fused-ring (bicyclic) bond motifs is 1. The van der Waals surface area contributed by atoms with Gasteiger partial charge < -0.3 is 14.3 Å². The molecule has 1 aromatic carbocycles. The predicted octanol–water partition coefficient (Wildman–Crippen LogP) is 1.59. The first-order valence-electron chi connectivity index (χ1n) is 6.52. The summed E-state index contributed by atoms with van der Waals surface area (Å²) in [6.45, 7) is 1.35. The molecule has 3 rings (SSSR count). The van der Waals surface area contributed by atoms with Crippen LogP contribution in [0.3, 0.4) is 0 Å². The van der Waals surface area contributed by atoms with Gasteiger partial charge >= 0.3 is 5.76 Å². The molecule has 5 nitrogen and oxygen atoms in total. The van der Waals surface area contributed by atoms with Gasteiger partial charge in [-0.05, 0) is 30.5 Å². The number of benzene rings is 1. The highest BCUT2D eigenvalue weighted by atomic mass is 16.5. The van der Waals surface area contributed by atoms with Gasteiger partial charge in [-0.25, -0.2) is 4.79 Å². The summed E-state index contributed by atoms with van der Waals surface area (Å²) in [5.41, 5.74) is 2.03. The normalized spacial score (nSPS) is 21.7. The van der Waals surface area contributed by atoms with Crippen molar-refractivity contribution in [2.45, 2.75) is 18.9 Å². The SMILES string of the molecule is Cn1c(=O)oc2cc(C(O)C3CCCOC3)ccc21. The van der Waals surface area contributed by atoms with E-state index in [2.05, 4.69) is 0 Å². The van der Waals surface area contributed by atoms with E-state index in [1.807, 2.05) is 12.1 Å². The maximum Gasteiger partial charge on any atom is 0.419 e. The third-order valence-electron chi connectivity index (χ3n) is 3.80. The lowest BCUT2D eigenvalue weighted by molar-refractivity contribution is -0.00994. The number of ether oxygens (including phenoxy) is 1. The molecule has 2 atom stereocenters. The van der Waals surface area contributed by atoms with Crippen molar-refractivity contribution in [2.75, 3.05) is 13.2 Å². The number of aliphatic hydroxyl groups is 1. The zero-order chi connectivity index (χ0) is 13.4. The van der Waals surface area contributed by atoms with Gasteiger partial charge in [0, 0.05) is 19.6 Å². The third kappa shape index (κ3) is 2.19. The van der Waals surface area contributed by atoms with Crippen LogP contribution in [0.15, 0.2) is 27.4 Å². The minimum absolute atomic E-state index is 0.113. The first kappa shape index (κ1) is 12.4. The van der Waals surface area contributed by atoms with Crippen LogP contribution in [0.2, 0.25) is 0 Å². The van der Waals surface area contributed by atoms with Crippen molar-refractivity contribution in [1.29, 1.82) is 0 Å². The molecule has 1 N–H and O–H groups in total. The monoisotopic (exact) mass is 263 g/mol. The molecule has 2 unspecified atom stereocenters. The molecule has 0 amide bonds. The van der Waals surface area contributed by atoms with Gasteiger partial charge in [-0.15, -0.1) is 0 Å². The standard InChI is InChI=1S/C14H17NO4/c1-15-11-5-4-9(7-12(11)19-14(15)17)13(16)10-3-2-6-18-8-10/h4-5,7,10,13,16H,2-3,6,8H2,1H3. The Hall–Kier alpha value is -1.59. The predicted molar refractivity (Wildman–Crippen MR) is 70.0 cm³/mol. The third-order valence-corrected chi connectivity index (χ3v) is 3.80. The number of rotatable bonds is 2. The van der Waals surface area contributed by atoms with E-state index < -0.39 is 6.10 Å². The molecule has 0 aliphatic carbocycles. The molecule has 102 valence electrons. The number of aliphatic hydroxyl groups excluding tert-OH is 1. The van der Waals surface area contributed by atoms with Crippen LogP contribution in [0.1, 0.15) is 24.5 Å². The summed E-state index contributed by atoms with van der Waals surface area (Å²) >= 11 is 0. The molecule has 19 heavy (non-hydrogen) atoms. The van der Waals surface area contributed by atoms with Crippen LogP contribution in [0.25, 0.3) is 11.1 Å². The van der Waals surface area contributed by atoms with E-state index in [1.165, 1.54) is 4.57 Å². The average molecular weight is 263 g/mol. The smallest absolute Gasteiger partial charge is 0.408 e. The highest BCUT2D eigenvalue weighted by molar-refractivity contribution is 5.73. The Morgan fingerprint density at radius 2 is 2.32 bits per heavy atom. The lowest BCUT2D eigenvalue weighted by atomic mass is 9.91. The van der Waals surface area contributed by atoms with E-state index in [-0.39, 0.29) is 11.7 Å². The minimum atomic E-state index is -0.574. The van der Waals surface area contributed by atoms with Gasteiger partial charge in [0.25, 0.3) is 0 Å². The Morgan fingerprint density at radius 1 is 1.47 bits per heavy atom. The number of aryl methyl sites for hydroxylation is 1. The molecule has 1 aliphatic rings. The zero-order valence-electron chi connectivity index (χ0n) is 10.8. The van der Waals surface area contributed by atoms with Crippen LogP contribution in [-0.4, -0.2) is 22.9 Å². The van der Waals surface area contributed by atoms with E-state index >= 15 is 0 Å². The molecular weight excluding hydrogens is 246 g/mol. The Morgan fingerprint density at radius 3 is 3.05 bits per heavy atom. The first-order chi connectivity index (χ1) is 9.16. The summed E-state index contributed by atoms with van der Waals surface area (Å²) in [6, 6.07) is 5.40. The molecular formula is C14H17NO4. The molecule has 1 aromatic heterocycles. The van der Waals surface area contributed by atoms with Crippen LogP contribution >= 0.6 is 0 Å². The molecule has 1 saturated heterocycles. The van der Waals surface area contributed by atoms with Crippen LogP contribution in [0, 0.1) is 5.92 Å². The zero-order valence-corrected chi connectivity index (χ0v) is 10.8. The fraction of sp³-hybridized carbons (Fsp3) is 0.500. The summed E-state index contributed by atoms with van der Waals surface area (Å²) < 4.78 is 12.0. The van der Waals surface area contributed by atoms with Crippen molar-refractivity contribution in [3.63, 3.8) is 0 Å². The molecule has 5 heteroatoms. The highest BCUT2D eigenvalue weighted by Crippen LogP contribution is 2.30. The quantitative estimate of drug-likeness (QED) is 0.893. The molecule has 2 aromatic rings. The van der Waals surface area contributed by atoms with Gasteiger partial charge in [0.1, 0.15) is 0 Å². The molecule has 0 spiro atoms. The highest BCUT2D eigenvalue weighted by Gasteiger charge is 2.24. The van der Waals surface area contributed by atoms with Crippen LogP contribution in [0.5, 0.6) is 0 Å². The number of oxazole rings is 1. The van der Waals surface area contributed by atoms with E-state index in [0.717, 1.165) is 30.5 Å². The minimum Gasteiger partial charge on any atom is -0.408 e. The van der Waals surface area contributed by atoms with E-state index in [0.29, 0.717) is 12.2 Å². The molecule has 0 radical (unpaired) electrons. The Kier molecular flexibility index (Phi) is 3.16. The van der Waals surface area contributed by atoms with Gasteiger partial charge in [-0.2, -0.15) is 0 Å². The van der Waals surface area contributed by atoms with Crippen molar-refractivity contribution in [1.82, 2.24) is 4.57 Å². The molecule has 0 bridgehead atoms. The Balaban J connectivity index is 1.94. The molecule has 1 fully saturated rings. The number of hydrogen-bond acceptors (Lipinski definition) is 4. The number of nitrogens with zero attached hydrogens (tertiary/aromatic N) is 1. The Bertz CT molecular complexity index is 636. The van der Waals surface area contributed by atoms with Gasteiger partial charge in [0.15, 0.2) is 5.58 Å². The summed E-state index contributed by atoms with van der Waals surface area (Å²) in [7, 11) is 1.67. The van der Waals surface area contributed by atoms with E-state index in [9.17, 15) is 9.90 Å². The lowest BCUT2D eigenvalue weighted by Gasteiger charge is -2.26. The van der Waals surface area contributed by atoms with Crippen LogP contribution in [-0.2, 0) is 11.8 Å². The van der Waals surface area contributed by atoms with Crippen molar-refractivity contribution in [3.05, 3.63) is 34.3 Å². The lowest BCUT2D eigenvalue weighted by Crippen LogP contribution is -2.23. The molecule has 2 heterocycles. The van der Waals surface area contributed by atoms with Crippen LogP contribution in [0.4, 0.5) is 0 Å². The molecule has 0 saturated carbocycles. The van der Waals surface area contributed by atoms with E-state index in [4.69, 9.17) is 9.15 Å². The average Bonchev–Trinajstić information content (AvgIpc) is 2.74. The maximum absolute atomic E-state index is 11.4. The largest absolute Gasteiger partial charge is 0.419 e. The number of hydrogen-bond donors (Lipinski definition) is 1. The van der Waals surface area contributed by atoms with Crippen LogP contribution < -0.4 is 5.76 Å². The number of aromatic nitrogens is 1. The second-order valence-electron chi connectivity index (χ2n) is 5.08. The Labute approximate surface area is 110 Å². The van der Waals surface area contributed by atoms with Crippen molar-refractivity contribution in [3.8, 4) is 0 Å². The summed E-state index contributed by atoms with van der Waals surface area (Å²) in [6.07, 6.45) is 1.36. The van der Waals surface area contributed by atoms with Crippen molar-refractivity contribution in [2.24, 2.45) is 13.0 Å². The summed E-state index contributed by atoms with van der Waals surface area (Å²) in [4.78, 5) is 11.4. The van der Waals surface area contributed by atoms with Gasteiger partial charge in [-0.1, -0.05) is 6.07 Å². The van der Waals surface area contributed by atoms with Gasteiger partial charge in [-0.3, -0.25) is 4.57 Å². The first-order valence-corrected chi connectivity index (χ1v) is 6.52. The fourth-order valence-electron chi connectivity index (χ4n) is 2.62. The van der Waals surface area contributed by atoms with E-state index in [1.54, 1.807) is 13.1 Å². The second-order valence-corrected chi connectivity index (χ2v) is 5.08.